The number of carbonyl (C=O) groups excluding carboxylic acids is 1. The Bertz CT molecular complexity index is 203. The Morgan fingerprint density at radius 3 is 2.80 bits per heavy atom. The lowest BCUT2D eigenvalue weighted by atomic mass is 10.0. The molecule has 0 radical (unpaired) electrons. The predicted molar refractivity (Wildman–Crippen MR) is 63.9 cm³/mol. The maximum atomic E-state index is 11.8. The lowest BCUT2D eigenvalue weighted by molar-refractivity contribution is -0.123. The summed E-state index contributed by atoms with van der Waals surface area (Å²) in [5.74, 6) is 1.52. The van der Waals surface area contributed by atoms with Gasteiger partial charge in [-0.1, -0.05) is 27.2 Å². The molecule has 2 unspecified atom stereocenters. The zero-order valence-corrected chi connectivity index (χ0v) is 10.5. The summed E-state index contributed by atoms with van der Waals surface area (Å²) in [6.07, 6.45) is 4.87. The average Bonchev–Trinajstić information content (AvgIpc) is 2.65. The molecule has 88 valence electrons. The van der Waals surface area contributed by atoms with E-state index in [0.717, 1.165) is 25.4 Å². The minimum Gasteiger partial charge on any atom is -0.298 e. The van der Waals surface area contributed by atoms with E-state index in [1.807, 2.05) is 6.92 Å². The fourth-order valence-corrected chi connectivity index (χ4v) is 2.30. The number of hydrogen-bond donors (Lipinski definition) is 0. The highest BCUT2D eigenvalue weighted by atomic mass is 16.1. The smallest absolute Gasteiger partial charge is 0.149 e. The Morgan fingerprint density at radius 2 is 2.20 bits per heavy atom. The molecule has 1 heterocycles. The molecule has 0 aromatic heterocycles. The number of Topliss-reactive ketones (excluding diaryl/α,β-unsaturated/α-hetero) is 1. The van der Waals surface area contributed by atoms with Crippen molar-refractivity contribution in [3.05, 3.63) is 0 Å². The van der Waals surface area contributed by atoms with Crippen LogP contribution in [0.4, 0.5) is 0 Å². The van der Waals surface area contributed by atoms with Gasteiger partial charge in [-0.25, -0.2) is 0 Å². The van der Waals surface area contributed by atoms with Crippen LogP contribution in [0, 0.1) is 11.8 Å². The fourth-order valence-electron chi connectivity index (χ4n) is 2.30. The van der Waals surface area contributed by atoms with Gasteiger partial charge in [-0.15, -0.1) is 0 Å². The van der Waals surface area contributed by atoms with Crippen LogP contribution in [0.1, 0.15) is 46.5 Å². The standard InChI is InChI=1S/C13H25NO/c1-4-6-12-7-8-14(9-12)10-13(15)11(3)5-2/h11-12H,4-10H2,1-3H3. The molecule has 1 saturated heterocycles. The van der Waals surface area contributed by atoms with Gasteiger partial charge < -0.3 is 0 Å². The Kier molecular flexibility index (Phi) is 5.30. The van der Waals surface area contributed by atoms with Gasteiger partial charge in [-0.05, 0) is 31.7 Å². The second-order valence-corrected chi connectivity index (χ2v) is 4.95. The third kappa shape index (κ3) is 3.94. The van der Waals surface area contributed by atoms with Gasteiger partial charge in [-0.2, -0.15) is 0 Å². The second-order valence-electron chi connectivity index (χ2n) is 4.95. The summed E-state index contributed by atoms with van der Waals surface area (Å²) < 4.78 is 0. The number of likely N-dealkylation sites (tertiary alicyclic amines) is 1. The molecule has 2 heteroatoms. The van der Waals surface area contributed by atoms with Crippen molar-refractivity contribution < 1.29 is 4.79 Å². The molecule has 0 spiro atoms. The van der Waals surface area contributed by atoms with Gasteiger partial charge >= 0.3 is 0 Å². The van der Waals surface area contributed by atoms with Crippen molar-refractivity contribution in [3.8, 4) is 0 Å². The van der Waals surface area contributed by atoms with Crippen molar-refractivity contribution in [2.75, 3.05) is 19.6 Å². The number of carbonyl (C=O) groups is 1. The Labute approximate surface area is 94.0 Å². The Hall–Kier alpha value is -0.370. The molecule has 15 heavy (non-hydrogen) atoms. The van der Waals surface area contributed by atoms with Gasteiger partial charge in [0.05, 0.1) is 6.54 Å². The summed E-state index contributed by atoms with van der Waals surface area (Å²) in [4.78, 5) is 14.1. The summed E-state index contributed by atoms with van der Waals surface area (Å²) >= 11 is 0. The van der Waals surface area contributed by atoms with Crippen LogP contribution in [0.2, 0.25) is 0 Å². The largest absolute Gasteiger partial charge is 0.298 e. The topological polar surface area (TPSA) is 20.3 Å². The van der Waals surface area contributed by atoms with Crippen molar-refractivity contribution in [1.29, 1.82) is 0 Å². The van der Waals surface area contributed by atoms with Crippen molar-refractivity contribution >= 4 is 5.78 Å². The minimum atomic E-state index is 0.246. The van der Waals surface area contributed by atoms with Gasteiger partial charge in [0.15, 0.2) is 0 Å². The maximum absolute atomic E-state index is 11.8. The third-order valence-corrected chi connectivity index (χ3v) is 3.61. The summed E-state index contributed by atoms with van der Waals surface area (Å²) in [6, 6.07) is 0. The monoisotopic (exact) mass is 211 g/mol. The van der Waals surface area contributed by atoms with Crippen molar-refractivity contribution in [1.82, 2.24) is 4.90 Å². The predicted octanol–water partition coefficient (Wildman–Crippen LogP) is 2.72. The van der Waals surface area contributed by atoms with Crippen LogP contribution in [0.15, 0.2) is 0 Å². The molecule has 1 rings (SSSR count). The molecule has 0 saturated carbocycles. The van der Waals surface area contributed by atoms with E-state index in [9.17, 15) is 4.79 Å². The zero-order valence-electron chi connectivity index (χ0n) is 10.5. The highest BCUT2D eigenvalue weighted by Crippen LogP contribution is 2.21. The zero-order chi connectivity index (χ0) is 11.3. The van der Waals surface area contributed by atoms with Gasteiger partial charge in [0.1, 0.15) is 5.78 Å². The van der Waals surface area contributed by atoms with Crippen molar-refractivity contribution in [2.24, 2.45) is 11.8 Å². The summed E-state index contributed by atoms with van der Waals surface area (Å²) in [5, 5.41) is 0. The van der Waals surface area contributed by atoms with Crippen LogP contribution in [-0.2, 0) is 4.79 Å². The van der Waals surface area contributed by atoms with Crippen molar-refractivity contribution in [3.63, 3.8) is 0 Å². The van der Waals surface area contributed by atoms with E-state index >= 15 is 0 Å². The molecule has 0 N–H and O–H groups in total. The van der Waals surface area contributed by atoms with Gasteiger partial charge in [0.25, 0.3) is 0 Å². The molecule has 2 nitrogen and oxygen atoms in total. The number of hydrogen-bond acceptors (Lipinski definition) is 2. The molecular weight excluding hydrogens is 186 g/mol. The molecule has 1 aliphatic heterocycles. The van der Waals surface area contributed by atoms with E-state index in [0.29, 0.717) is 12.3 Å². The van der Waals surface area contributed by atoms with E-state index in [1.54, 1.807) is 0 Å². The SMILES string of the molecule is CCCC1CCN(CC(=O)C(C)CC)C1. The van der Waals surface area contributed by atoms with E-state index in [-0.39, 0.29) is 5.92 Å². The summed E-state index contributed by atoms with van der Waals surface area (Å²) in [7, 11) is 0. The highest BCUT2D eigenvalue weighted by Gasteiger charge is 2.24. The quantitative estimate of drug-likeness (QED) is 0.673. The summed E-state index contributed by atoms with van der Waals surface area (Å²) in [6.45, 7) is 9.35. The van der Waals surface area contributed by atoms with E-state index < -0.39 is 0 Å². The highest BCUT2D eigenvalue weighted by molar-refractivity contribution is 5.82. The molecule has 0 aromatic rings. The molecule has 2 atom stereocenters. The molecule has 0 bridgehead atoms. The molecule has 1 fully saturated rings. The lowest BCUT2D eigenvalue weighted by Crippen LogP contribution is -2.30. The summed E-state index contributed by atoms with van der Waals surface area (Å²) in [5.41, 5.74) is 0. The first kappa shape index (κ1) is 12.7. The van der Waals surface area contributed by atoms with Crippen LogP contribution in [0.25, 0.3) is 0 Å². The number of ketones is 1. The average molecular weight is 211 g/mol. The third-order valence-electron chi connectivity index (χ3n) is 3.61. The van der Waals surface area contributed by atoms with E-state index in [2.05, 4.69) is 18.7 Å². The van der Waals surface area contributed by atoms with E-state index in [4.69, 9.17) is 0 Å². The second kappa shape index (κ2) is 6.26. The lowest BCUT2D eigenvalue weighted by Gasteiger charge is -2.17. The van der Waals surface area contributed by atoms with E-state index in [1.165, 1.54) is 19.3 Å². The number of nitrogens with zero attached hydrogens (tertiary/aromatic N) is 1. The maximum Gasteiger partial charge on any atom is 0.149 e. The van der Waals surface area contributed by atoms with Crippen LogP contribution >= 0.6 is 0 Å². The first-order chi connectivity index (χ1) is 7.17. The Morgan fingerprint density at radius 1 is 1.47 bits per heavy atom. The molecule has 0 aromatic carbocycles. The van der Waals surface area contributed by atoms with Gasteiger partial charge in [-0.3, -0.25) is 9.69 Å². The van der Waals surface area contributed by atoms with Crippen LogP contribution in [0.5, 0.6) is 0 Å². The normalized spacial score (nSPS) is 24.3. The Balaban J connectivity index is 2.26. The van der Waals surface area contributed by atoms with Gasteiger partial charge in [0.2, 0.25) is 0 Å². The molecule has 0 amide bonds. The van der Waals surface area contributed by atoms with Crippen LogP contribution < -0.4 is 0 Å². The molecule has 1 aliphatic rings. The van der Waals surface area contributed by atoms with Crippen molar-refractivity contribution in [2.45, 2.75) is 46.5 Å². The molecular formula is C13H25NO. The first-order valence-corrected chi connectivity index (χ1v) is 6.42. The number of rotatable bonds is 6. The van der Waals surface area contributed by atoms with Crippen LogP contribution in [0.3, 0.4) is 0 Å². The van der Waals surface area contributed by atoms with Gasteiger partial charge in [0, 0.05) is 12.5 Å². The van der Waals surface area contributed by atoms with Crippen LogP contribution in [-0.4, -0.2) is 30.3 Å². The molecule has 0 aliphatic carbocycles. The first-order valence-electron chi connectivity index (χ1n) is 6.42. The minimum absolute atomic E-state index is 0.246. The fraction of sp³-hybridized carbons (Fsp3) is 0.923.